The van der Waals surface area contributed by atoms with E-state index < -0.39 is 0 Å². The van der Waals surface area contributed by atoms with E-state index in [1.54, 1.807) is 6.08 Å². The van der Waals surface area contributed by atoms with E-state index in [-0.39, 0.29) is 18.4 Å². The second kappa shape index (κ2) is 6.86. The number of benzene rings is 1. The standard InChI is InChI=1S/C14H19NO2/c1-11(10-16)9-15-14(17)8-12(2)13-6-4-3-5-7-13/h3-8,11,16H,9-10H2,1-2H3,(H,15,17)/b12-8-. The van der Waals surface area contributed by atoms with E-state index in [2.05, 4.69) is 5.32 Å². The van der Waals surface area contributed by atoms with Crippen molar-refractivity contribution >= 4 is 11.5 Å². The summed E-state index contributed by atoms with van der Waals surface area (Å²) < 4.78 is 0. The molecule has 1 amide bonds. The van der Waals surface area contributed by atoms with Gasteiger partial charge in [0.1, 0.15) is 0 Å². The highest BCUT2D eigenvalue weighted by Gasteiger charge is 2.03. The minimum absolute atomic E-state index is 0.0850. The lowest BCUT2D eigenvalue weighted by atomic mass is 10.1. The van der Waals surface area contributed by atoms with Crippen molar-refractivity contribution in [1.29, 1.82) is 0 Å². The molecule has 17 heavy (non-hydrogen) atoms. The Morgan fingerprint density at radius 3 is 2.65 bits per heavy atom. The highest BCUT2D eigenvalue weighted by Crippen LogP contribution is 2.11. The van der Waals surface area contributed by atoms with E-state index in [1.807, 2.05) is 44.2 Å². The molecular weight excluding hydrogens is 214 g/mol. The topological polar surface area (TPSA) is 49.3 Å². The third-order valence-corrected chi connectivity index (χ3v) is 2.51. The van der Waals surface area contributed by atoms with Gasteiger partial charge in [-0.05, 0) is 24.0 Å². The van der Waals surface area contributed by atoms with Crippen molar-refractivity contribution in [3.8, 4) is 0 Å². The Hall–Kier alpha value is -1.61. The highest BCUT2D eigenvalue weighted by molar-refractivity contribution is 5.94. The molecule has 0 bridgehead atoms. The third kappa shape index (κ3) is 4.83. The Balaban J connectivity index is 2.54. The molecule has 1 aromatic rings. The van der Waals surface area contributed by atoms with Crippen LogP contribution in [0.1, 0.15) is 19.4 Å². The number of carbonyl (C=O) groups excluding carboxylic acids is 1. The van der Waals surface area contributed by atoms with E-state index in [4.69, 9.17) is 5.11 Å². The number of carbonyl (C=O) groups is 1. The van der Waals surface area contributed by atoms with Gasteiger partial charge >= 0.3 is 0 Å². The molecule has 0 fully saturated rings. The van der Waals surface area contributed by atoms with E-state index in [9.17, 15) is 4.79 Å². The zero-order valence-corrected chi connectivity index (χ0v) is 10.3. The molecule has 0 saturated heterocycles. The maximum atomic E-state index is 11.6. The van der Waals surface area contributed by atoms with Crippen LogP contribution in [0.3, 0.4) is 0 Å². The van der Waals surface area contributed by atoms with Crippen LogP contribution in [-0.2, 0) is 4.79 Å². The summed E-state index contributed by atoms with van der Waals surface area (Å²) in [5, 5.41) is 11.6. The summed E-state index contributed by atoms with van der Waals surface area (Å²) in [4.78, 5) is 11.6. The number of nitrogens with one attached hydrogen (secondary N) is 1. The van der Waals surface area contributed by atoms with Crippen molar-refractivity contribution in [2.45, 2.75) is 13.8 Å². The van der Waals surface area contributed by atoms with E-state index in [1.165, 1.54) is 0 Å². The maximum absolute atomic E-state index is 11.6. The summed E-state index contributed by atoms with van der Waals surface area (Å²) in [6.07, 6.45) is 1.58. The minimum atomic E-state index is -0.119. The number of aliphatic hydroxyl groups is 1. The molecule has 0 spiro atoms. The van der Waals surface area contributed by atoms with Crippen LogP contribution in [-0.4, -0.2) is 24.2 Å². The van der Waals surface area contributed by atoms with Crippen LogP contribution >= 0.6 is 0 Å². The van der Waals surface area contributed by atoms with Crippen molar-refractivity contribution in [3.63, 3.8) is 0 Å². The van der Waals surface area contributed by atoms with Gasteiger partial charge in [0.2, 0.25) is 5.91 Å². The second-order valence-corrected chi connectivity index (χ2v) is 4.23. The normalized spacial score (nSPS) is 13.2. The second-order valence-electron chi connectivity index (χ2n) is 4.23. The zero-order chi connectivity index (χ0) is 12.7. The fraction of sp³-hybridized carbons (Fsp3) is 0.357. The van der Waals surface area contributed by atoms with E-state index >= 15 is 0 Å². The summed E-state index contributed by atoms with van der Waals surface area (Å²) in [5.74, 6) is -0.0314. The lowest BCUT2D eigenvalue weighted by Crippen LogP contribution is -2.28. The van der Waals surface area contributed by atoms with E-state index in [0.717, 1.165) is 11.1 Å². The first-order valence-electron chi connectivity index (χ1n) is 5.76. The first kappa shape index (κ1) is 13.5. The monoisotopic (exact) mass is 233 g/mol. The smallest absolute Gasteiger partial charge is 0.244 e. The average molecular weight is 233 g/mol. The Kier molecular flexibility index (Phi) is 5.43. The molecule has 1 unspecified atom stereocenters. The number of rotatable bonds is 5. The minimum Gasteiger partial charge on any atom is -0.396 e. The quantitative estimate of drug-likeness (QED) is 0.762. The highest BCUT2D eigenvalue weighted by atomic mass is 16.3. The molecule has 0 aliphatic rings. The summed E-state index contributed by atoms with van der Waals surface area (Å²) in [7, 11) is 0. The van der Waals surface area contributed by atoms with Gasteiger partial charge in [0.15, 0.2) is 0 Å². The van der Waals surface area contributed by atoms with Gasteiger partial charge in [-0.2, -0.15) is 0 Å². The van der Waals surface area contributed by atoms with Crippen LogP contribution < -0.4 is 5.32 Å². The van der Waals surface area contributed by atoms with Gasteiger partial charge in [0, 0.05) is 19.2 Å². The number of aliphatic hydroxyl groups excluding tert-OH is 1. The fourth-order valence-corrected chi connectivity index (χ4v) is 1.37. The molecule has 3 heteroatoms. The summed E-state index contributed by atoms with van der Waals surface area (Å²) >= 11 is 0. The van der Waals surface area contributed by atoms with Crippen molar-refractivity contribution in [2.75, 3.05) is 13.2 Å². The van der Waals surface area contributed by atoms with Gasteiger partial charge in [0.05, 0.1) is 0 Å². The van der Waals surface area contributed by atoms with Crippen LogP contribution in [0.15, 0.2) is 36.4 Å². The van der Waals surface area contributed by atoms with Gasteiger partial charge < -0.3 is 10.4 Å². The van der Waals surface area contributed by atoms with Crippen LogP contribution in [0, 0.1) is 5.92 Å². The molecule has 3 nitrogen and oxygen atoms in total. The first-order valence-corrected chi connectivity index (χ1v) is 5.76. The zero-order valence-electron chi connectivity index (χ0n) is 10.3. The third-order valence-electron chi connectivity index (χ3n) is 2.51. The predicted octanol–water partition coefficient (Wildman–Crippen LogP) is 1.83. The van der Waals surface area contributed by atoms with Gasteiger partial charge in [-0.1, -0.05) is 37.3 Å². The Morgan fingerprint density at radius 2 is 2.06 bits per heavy atom. The fourth-order valence-electron chi connectivity index (χ4n) is 1.37. The van der Waals surface area contributed by atoms with Crippen LogP contribution in [0.2, 0.25) is 0 Å². The van der Waals surface area contributed by atoms with Gasteiger partial charge in [-0.25, -0.2) is 0 Å². The predicted molar refractivity (Wildman–Crippen MR) is 69.4 cm³/mol. The van der Waals surface area contributed by atoms with E-state index in [0.29, 0.717) is 6.54 Å². The van der Waals surface area contributed by atoms with Crippen molar-refractivity contribution in [2.24, 2.45) is 5.92 Å². The molecule has 0 aliphatic heterocycles. The number of amides is 1. The molecule has 0 heterocycles. The maximum Gasteiger partial charge on any atom is 0.244 e. The lowest BCUT2D eigenvalue weighted by Gasteiger charge is -2.08. The molecular formula is C14H19NO2. The largest absolute Gasteiger partial charge is 0.396 e. The summed E-state index contributed by atoms with van der Waals surface area (Å²) in [5.41, 5.74) is 1.97. The molecule has 2 N–H and O–H groups in total. The van der Waals surface area contributed by atoms with Gasteiger partial charge in [0.25, 0.3) is 0 Å². The van der Waals surface area contributed by atoms with Crippen molar-refractivity contribution < 1.29 is 9.90 Å². The van der Waals surface area contributed by atoms with Crippen molar-refractivity contribution in [3.05, 3.63) is 42.0 Å². The van der Waals surface area contributed by atoms with Crippen molar-refractivity contribution in [1.82, 2.24) is 5.32 Å². The van der Waals surface area contributed by atoms with Crippen LogP contribution in [0.4, 0.5) is 0 Å². The molecule has 92 valence electrons. The Bertz CT molecular complexity index is 384. The SMILES string of the molecule is C/C(=C/C(=O)NCC(C)CO)c1ccccc1. The number of hydrogen-bond acceptors (Lipinski definition) is 2. The van der Waals surface area contributed by atoms with Crippen LogP contribution in [0.25, 0.3) is 5.57 Å². The first-order chi connectivity index (χ1) is 8.13. The van der Waals surface area contributed by atoms with Gasteiger partial charge in [-0.15, -0.1) is 0 Å². The summed E-state index contributed by atoms with van der Waals surface area (Å²) in [6.45, 7) is 4.37. The molecule has 1 atom stereocenters. The lowest BCUT2D eigenvalue weighted by molar-refractivity contribution is -0.116. The molecule has 1 rings (SSSR count). The summed E-state index contributed by atoms with van der Waals surface area (Å²) in [6, 6.07) is 9.77. The van der Waals surface area contributed by atoms with Gasteiger partial charge in [-0.3, -0.25) is 4.79 Å². The molecule has 0 radical (unpaired) electrons. The molecule has 0 aliphatic carbocycles. The molecule has 1 aromatic carbocycles. The number of allylic oxidation sites excluding steroid dienone is 1. The Morgan fingerprint density at radius 1 is 1.41 bits per heavy atom. The van der Waals surface area contributed by atoms with Crippen LogP contribution in [0.5, 0.6) is 0 Å². The Labute approximate surface area is 102 Å². The molecule has 0 saturated carbocycles. The molecule has 0 aromatic heterocycles. The average Bonchev–Trinajstić information content (AvgIpc) is 2.36. The number of hydrogen-bond donors (Lipinski definition) is 2.